The van der Waals surface area contributed by atoms with Crippen LogP contribution in [0.3, 0.4) is 0 Å². The lowest BCUT2D eigenvalue weighted by Crippen LogP contribution is -2.45. The second-order valence-corrected chi connectivity index (χ2v) is 9.89. The zero-order valence-electron chi connectivity index (χ0n) is 14.2. The maximum absolute atomic E-state index is 12.8. The summed E-state index contributed by atoms with van der Waals surface area (Å²) < 4.78 is 23.3. The average Bonchev–Trinajstić information content (AvgIpc) is 3.14. The van der Waals surface area contributed by atoms with E-state index < -0.39 is 15.1 Å². The molecular weight excluding hydrogens is 368 g/mol. The number of amides is 1. The van der Waals surface area contributed by atoms with Crippen molar-refractivity contribution in [1.29, 1.82) is 0 Å². The van der Waals surface area contributed by atoms with Gasteiger partial charge in [0.25, 0.3) is 5.91 Å². The van der Waals surface area contributed by atoms with Crippen molar-refractivity contribution in [3.05, 3.63) is 52.9 Å². The summed E-state index contributed by atoms with van der Waals surface area (Å²) in [4.78, 5) is 18.5. The van der Waals surface area contributed by atoms with E-state index >= 15 is 0 Å². The first-order valence-corrected chi connectivity index (χ1v) is 11.0. The predicted molar refractivity (Wildman–Crippen MR) is 104 cm³/mol. The van der Waals surface area contributed by atoms with Gasteiger partial charge in [0.1, 0.15) is 0 Å². The fraction of sp³-hybridized carbons (Fsp3) is 0.263. The third-order valence-corrected chi connectivity index (χ3v) is 7.82. The van der Waals surface area contributed by atoms with E-state index in [9.17, 15) is 13.2 Å². The predicted octanol–water partition coefficient (Wildman–Crippen LogP) is 3.19. The number of hydrogen-bond donors (Lipinski definition) is 1. The summed E-state index contributed by atoms with van der Waals surface area (Å²) in [7, 11) is -3.02. The van der Waals surface area contributed by atoms with Crippen molar-refractivity contribution < 1.29 is 13.2 Å². The molecule has 1 aromatic carbocycles. The maximum atomic E-state index is 12.8. The van der Waals surface area contributed by atoms with Crippen molar-refractivity contribution in [3.63, 3.8) is 0 Å². The lowest BCUT2D eigenvalue weighted by Gasteiger charge is -2.26. The molecule has 2 aromatic heterocycles. The monoisotopic (exact) mass is 386 g/mol. The molecule has 7 heteroatoms. The number of nitrogens with one attached hydrogen (secondary N) is 1. The molecule has 0 bridgehead atoms. The van der Waals surface area contributed by atoms with Gasteiger partial charge in [0.2, 0.25) is 0 Å². The van der Waals surface area contributed by atoms with Crippen molar-refractivity contribution in [3.8, 4) is 10.6 Å². The van der Waals surface area contributed by atoms with Crippen LogP contribution in [0, 0.1) is 6.92 Å². The summed E-state index contributed by atoms with van der Waals surface area (Å²) in [6.07, 6.45) is 0.610. The maximum Gasteiger partial charge on any atom is 0.252 e. The van der Waals surface area contributed by atoms with E-state index in [0.29, 0.717) is 12.0 Å². The van der Waals surface area contributed by atoms with Crippen LogP contribution in [0.1, 0.15) is 22.3 Å². The van der Waals surface area contributed by atoms with Gasteiger partial charge in [-0.1, -0.05) is 17.7 Å². The second kappa shape index (κ2) is 6.48. The van der Waals surface area contributed by atoms with Crippen LogP contribution in [0.5, 0.6) is 0 Å². The van der Waals surface area contributed by atoms with Crippen molar-refractivity contribution in [2.75, 3.05) is 12.3 Å². The molecule has 5 nitrogen and oxygen atoms in total. The summed E-state index contributed by atoms with van der Waals surface area (Å²) in [5.74, 6) is -0.0455. The van der Waals surface area contributed by atoms with Crippen LogP contribution < -0.4 is 5.32 Å². The minimum Gasteiger partial charge on any atom is -0.351 e. The Labute approximate surface area is 156 Å². The summed E-state index contributed by atoms with van der Waals surface area (Å²) in [6, 6.07) is 11.5. The van der Waals surface area contributed by atoms with Gasteiger partial charge >= 0.3 is 0 Å². The molecule has 26 heavy (non-hydrogen) atoms. The van der Waals surface area contributed by atoms with E-state index in [-0.39, 0.29) is 18.2 Å². The normalized spacial score (nSPS) is 18.4. The van der Waals surface area contributed by atoms with E-state index in [4.69, 9.17) is 0 Å². The topological polar surface area (TPSA) is 76.1 Å². The third kappa shape index (κ3) is 3.12. The number of nitrogens with zero attached hydrogens (tertiary/aromatic N) is 1. The number of benzene rings is 1. The molecule has 1 aliphatic rings. The molecule has 0 aliphatic carbocycles. The Morgan fingerprint density at radius 1 is 1.31 bits per heavy atom. The highest BCUT2D eigenvalue weighted by Gasteiger charge is 2.35. The smallest absolute Gasteiger partial charge is 0.252 e. The Hall–Kier alpha value is -2.25. The second-order valence-electron chi connectivity index (χ2n) is 6.54. The number of sulfone groups is 1. The lowest BCUT2D eigenvalue weighted by molar-refractivity contribution is 0.0954. The van der Waals surface area contributed by atoms with Crippen LogP contribution in [0.2, 0.25) is 0 Å². The van der Waals surface area contributed by atoms with E-state index in [2.05, 4.69) is 10.3 Å². The number of rotatable bonds is 4. The Morgan fingerprint density at radius 2 is 2.15 bits per heavy atom. The van der Waals surface area contributed by atoms with Crippen molar-refractivity contribution in [2.45, 2.75) is 18.6 Å². The van der Waals surface area contributed by atoms with Gasteiger partial charge in [-0.2, -0.15) is 0 Å². The number of carbonyl (C=O) groups excluding carboxylic acids is 1. The van der Waals surface area contributed by atoms with Crippen LogP contribution in [-0.4, -0.2) is 36.9 Å². The molecule has 0 saturated carbocycles. The summed E-state index contributed by atoms with van der Waals surface area (Å²) in [5.41, 5.74) is 3.07. The molecule has 3 aromatic rings. The molecule has 1 unspecified atom stereocenters. The van der Waals surface area contributed by atoms with Gasteiger partial charge in [-0.15, -0.1) is 11.3 Å². The van der Waals surface area contributed by atoms with Gasteiger partial charge in [-0.05, 0) is 43.0 Å². The number of carbonyl (C=O) groups is 1. The minimum absolute atomic E-state index is 0.158. The summed E-state index contributed by atoms with van der Waals surface area (Å²) in [6.45, 7) is 2.13. The number of aryl methyl sites for hydroxylation is 1. The summed E-state index contributed by atoms with van der Waals surface area (Å²) in [5, 5.41) is 5.08. The molecule has 1 fully saturated rings. The zero-order valence-corrected chi connectivity index (χ0v) is 15.9. The molecule has 1 N–H and O–H groups in total. The first-order chi connectivity index (χ1) is 12.4. The van der Waals surface area contributed by atoms with Gasteiger partial charge < -0.3 is 5.32 Å². The number of fused-ring (bicyclic) bond motifs is 1. The fourth-order valence-electron chi connectivity index (χ4n) is 3.09. The third-order valence-electron chi connectivity index (χ3n) is 4.70. The van der Waals surface area contributed by atoms with Gasteiger partial charge in [0.15, 0.2) is 9.84 Å². The van der Waals surface area contributed by atoms with E-state index in [0.717, 1.165) is 27.0 Å². The molecular formula is C19H18N2O3S2. The molecule has 3 heterocycles. The fourth-order valence-corrected chi connectivity index (χ4v) is 5.06. The molecule has 0 radical (unpaired) electrons. The molecule has 1 atom stereocenters. The average molecular weight is 386 g/mol. The lowest BCUT2D eigenvalue weighted by atomic mass is 10.0. The minimum atomic E-state index is -3.02. The highest BCUT2D eigenvalue weighted by molar-refractivity contribution is 7.93. The molecule has 1 amide bonds. The zero-order chi connectivity index (χ0) is 18.3. The highest BCUT2D eigenvalue weighted by atomic mass is 32.2. The SMILES string of the molecule is Cc1ccc2nc(-c3cccs3)cc(C(=O)NCC3CCS3(=O)=O)c2c1. The van der Waals surface area contributed by atoms with Crippen LogP contribution in [0.15, 0.2) is 41.8 Å². The Kier molecular flexibility index (Phi) is 4.28. The van der Waals surface area contributed by atoms with Crippen molar-refractivity contribution >= 4 is 38.0 Å². The van der Waals surface area contributed by atoms with Gasteiger partial charge in [0.05, 0.1) is 32.7 Å². The van der Waals surface area contributed by atoms with Crippen molar-refractivity contribution in [2.24, 2.45) is 0 Å². The molecule has 1 aliphatic heterocycles. The number of aromatic nitrogens is 1. The first kappa shape index (κ1) is 17.2. The van der Waals surface area contributed by atoms with Crippen molar-refractivity contribution in [1.82, 2.24) is 10.3 Å². The Morgan fingerprint density at radius 3 is 2.81 bits per heavy atom. The number of pyridine rings is 1. The molecule has 1 saturated heterocycles. The van der Waals surface area contributed by atoms with Gasteiger partial charge in [-0.3, -0.25) is 4.79 Å². The molecule has 4 rings (SSSR count). The van der Waals surface area contributed by atoms with Crippen LogP contribution in [-0.2, 0) is 9.84 Å². The molecule has 134 valence electrons. The number of thiophene rings is 1. The van der Waals surface area contributed by atoms with Gasteiger partial charge in [-0.25, -0.2) is 13.4 Å². The Bertz CT molecular complexity index is 1090. The van der Waals surface area contributed by atoms with Gasteiger partial charge in [0, 0.05) is 11.9 Å². The van der Waals surface area contributed by atoms with Crippen LogP contribution >= 0.6 is 11.3 Å². The van der Waals surface area contributed by atoms with Crippen LogP contribution in [0.4, 0.5) is 0 Å². The Balaban J connectivity index is 1.72. The number of hydrogen-bond acceptors (Lipinski definition) is 5. The highest BCUT2D eigenvalue weighted by Crippen LogP contribution is 2.28. The summed E-state index contributed by atoms with van der Waals surface area (Å²) >= 11 is 1.57. The molecule has 0 spiro atoms. The largest absolute Gasteiger partial charge is 0.351 e. The standard InChI is InChI=1S/C19H18N2O3S2/c1-12-4-5-16-14(9-12)15(10-17(21-16)18-3-2-7-25-18)19(22)20-11-13-6-8-26(13,23)24/h2-5,7,9-10,13H,6,8,11H2,1H3,(H,20,22). The quantitative estimate of drug-likeness (QED) is 0.747. The first-order valence-electron chi connectivity index (χ1n) is 8.39. The van der Waals surface area contributed by atoms with E-state index in [1.807, 2.05) is 42.6 Å². The van der Waals surface area contributed by atoms with E-state index in [1.165, 1.54) is 0 Å². The van der Waals surface area contributed by atoms with E-state index in [1.54, 1.807) is 17.4 Å². The van der Waals surface area contributed by atoms with Crippen LogP contribution in [0.25, 0.3) is 21.5 Å².